The molecule has 0 radical (unpaired) electrons. The average Bonchev–Trinajstić information content (AvgIpc) is 2.56. The summed E-state index contributed by atoms with van der Waals surface area (Å²) in [4.78, 5) is 5.29. The molecule has 78 valence electrons. The highest BCUT2D eigenvalue weighted by molar-refractivity contribution is 7.12. The Balaban J connectivity index is 2.15. The number of piperidine rings is 1. The third-order valence-corrected chi connectivity index (χ3v) is 4.10. The average molecular weight is 210 g/mol. The first-order valence-corrected chi connectivity index (χ1v) is 6.00. The molecule has 1 aliphatic rings. The highest BCUT2D eigenvalue weighted by Gasteiger charge is 2.25. The van der Waals surface area contributed by atoms with Gasteiger partial charge in [0, 0.05) is 21.8 Å². The maximum absolute atomic E-state index is 6.01. The molecule has 2 rings (SSSR count). The van der Waals surface area contributed by atoms with Gasteiger partial charge in [-0.15, -0.1) is 11.3 Å². The molecule has 2 N–H and O–H groups in total. The van der Waals surface area contributed by atoms with Gasteiger partial charge in [-0.25, -0.2) is 0 Å². The molecule has 0 aromatic carbocycles. The Hall–Kier alpha value is -0.380. The van der Waals surface area contributed by atoms with E-state index in [9.17, 15) is 0 Å². The number of thiophene rings is 1. The van der Waals surface area contributed by atoms with Crippen molar-refractivity contribution in [3.05, 3.63) is 21.9 Å². The number of rotatable bonds is 1. The standard InChI is InChI=1S/C11H18N2S/c1-8-3-4-11(14-8)10-7-9(12)5-6-13(10)2/h3-4,9-10H,5-7,12H2,1-2H3. The molecular weight excluding hydrogens is 192 g/mol. The van der Waals surface area contributed by atoms with Crippen molar-refractivity contribution >= 4 is 11.3 Å². The molecule has 1 aromatic rings. The number of hydrogen-bond donors (Lipinski definition) is 1. The number of hydrogen-bond acceptors (Lipinski definition) is 3. The molecule has 2 unspecified atom stereocenters. The predicted molar refractivity (Wildman–Crippen MR) is 61.6 cm³/mol. The fourth-order valence-electron chi connectivity index (χ4n) is 2.08. The van der Waals surface area contributed by atoms with Crippen LogP contribution in [0, 0.1) is 6.92 Å². The molecule has 14 heavy (non-hydrogen) atoms. The summed E-state index contributed by atoms with van der Waals surface area (Å²) in [5, 5.41) is 0. The normalized spacial score (nSPS) is 29.4. The van der Waals surface area contributed by atoms with Crippen molar-refractivity contribution in [2.24, 2.45) is 5.73 Å². The molecule has 0 saturated carbocycles. The molecular formula is C11H18N2S. The van der Waals surface area contributed by atoms with Gasteiger partial charge in [-0.05, 0) is 45.5 Å². The zero-order valence-electron chi connectivity index (χ0n) is 8.86. The lowest BCUT2D eigenvalue weighted by Gasteiger charge is -2.35. The van der Waals surface area contributed by atoms with Crippen LogP contribution in [0.25, 0.3) is 0 Å². The molecule has 0 aliphatic carbocycles. The van der Waals surface area contributed by atoms with Crippen molar-refractivity contribution in [3.63, 3.8) is 0 Å². The van der Waals surface area contributed by atoms with Crippen LogP contribution >= 0.6 is 11.3 Å². The minimum atomic E-state index is 0.388. The number of nitrogens with zero attached hydrogens (tertiary/aromatic N) is 1. The topological polar surface area (TPSA) is 29.3 Å². The summed E-state index contributed by atoms with van der Waals surface area (Å²) in [7, 11) is 2.20. The Morgan fingerprint density at radius 2 is 2.29 bits per heavy atom. The SMILES string of the molecule is Cc1ccc(C2CC(N)CCN2C)s1. The van der Waals surface area contributed by atoms with E-state index in [0.29, 0.717) is 12.1 Å². The zero-order valence-corrected chi connectivity index (χ0v) is 9.68. The Morgan fingerprint density at radius 1 is 1.50 bits per heavy atom. The third-order valence-electron chi connectivity index (χ3n) is 3.00. The van der Waals surface area contributed by atoms with Crippen molar-refractivity contribution in [1.82, 2.24) is 4.90 Å². The minimum absolute atomic E-state index is 0.388. The van der Waals surface area contributed by atoms with Crippen molar-refractivity contribution in [1.29, 1.82) is 0 Å². The molecule has 0 amide bonds. The van der Waals surface area contributed by atoms with Crippen LogP contribution in [0.4, 0.5) is 0 Å². The minimum Gasteiger partial charge on any atom is -0.328 e. The van der Waals surface area contributed by atoms with E-state index in [1.54, 1.807) is 0 Å². The Labute approximate surface area is 89.7 Å². The summed E-state index contributed by atoms with van der Waals surface area (Å²) >= 11 is 1.90. The van der Waals surface area contributed by atoms with Gasteiger partial charge in [0.2, 0.25) is 0 Å². The van der Waals surface area contributed by atoms with Crippen LogP contribution < -0.4 is 5.73 Å². The van der Waals surface area contributed by atoms with Crippen LogP contribution in [-0.4, -0.2) is 24.5 Å². The second-order valence-corrected chi connectivity index (χ2v) is 5.55. The quantitative estimate of drug-likeness (QED) is 0.769. The van der Waals surface area contributed by atoms with Gasteiger partial charge in [-0.2, -0.15) is 0 Å². The second-order valence-electron chi connectivity index (χ2n) is 4.23. The molecule has 2 nitrogen and oxygen atoms in total. The Bertz CT molecular complexity index is 308. The first kappa shape index (κ1) is 10.1. The van der Waals surface area contributed by atoms with E-state index < -0.39 is 0 Å². The molecule has 2 atom stereocenters. The van der Waals surface area contributed by atoms with Crippen LogP contribution in [-0.2, 0) is 0 Å². The number of aryl methyl sites for hydroxylation is 1. The largest absolute Gasteiger partial charge is 0.328 e. The summed E-state index contributed by atoms with van der Waals surface area (Å²) in [6.45, 7) is 3.29. The van der Waals surface area contributed by atoms with Gasteiger partial charge >= 0.3 is 0 Å². The fourth-order valence-corrected chi connectivity index (χ4v) is 3.13. The highest BCUT2D eigenvalue weighted by atomic mass is 32.1. The van der Waals surface area contributed by atoms with E-state index in [1.165, 1.54) is 9.75 Å². The van der Waals surface area contributed by atoms with E-state index >= 15 is 0 Å². The molecule has 1 fully saturated rings. The van der Waals surface area contributed by atoms with E-state index in [-0.39, 0.29) is 0 Å². The summed E-state index contributed by atoms with van der Waals surface area (Å²) in [6, 6.07) is 5.39. The Morgan fingerprint density at radius 3 is 2.93 bits per heavy atom. The smallest absolute Gasteiger partial charge is 0.0453 e. The van der Waals surface area contributed by atoms with Crippen LogP contribution in [0.15, 0.2) is 12.1 Å². The van der Waals surface area contributed by atoms with Gasteiger partial charge < -0.3 is 5.73 Å². The molecule has 1 aliphatic heterocycles. The summed E-state index contributed by atoms with van der Waals surface area (Å²) in [6.07, 6.45) is 2.24. The van der Waals surface area contributed by atoms with Gasteiger partial charge in [0.05, 0.1) is 0 Å². The molecule has 1 aromatic heterocycles. The highest BCUT2D eigenvalue weighted by Crippen LogP contribution is 2.33. The van der Waals surface area contributed by atoms with Gasteiger partial charge in [-0.3, -0.25) is 4.90 Å². The maximum Gasteiger partial charge on any atom is 0.0453 e. The fraction of sp³-hybridized carbons (Fsp3) is 0.636. The van der Waals surface area contributed by atoms with E-state index in [0.717, 1.165) is 19.4 Å². The summed E-state index contributed by atoms with van der Waals surface area (Å²) in [5.74, 6) is 0. The Kier molecular flexibility index (Phi) is 2.91. The molecule has 0 spiro atoms. The first-order valence-electron chi connectivity index (χ1n) is 5.19. The molecule has 0 bridgehead atoms. The van der Waals surface area contributed by atoms with Crippen LogP contribution in [0.1, 0.15) is 28.6 Å². The van der Waals surface area contributed by atoms with Gasteiger partial charge in [0.25, 0.3) is 0 Å². The van der Waals surface area contributed by atoms with E-state index in [2.05, 4.69) is 31.0 Å². The van der Waals surface area contributed by atoms with Gasteiger partial charge in [-0.1, -0.05) is 0 Å². The zero-order chi connectivity index (χ0) is 10.1. The third kappa shape index (κ3) is 2.00. The monoisotopic (exact) mass is 210 g/mol. The maximum atomic E-state index is 6.01. The van der Waals surface area contributed by atoms with E-state index in [1.807, 2.05) is 11.3 Å². The number of nitrogens with two attached hydrogens (primary N) is 1. The molecule has 1 saturated heterocycles. The van der Waals surface area contributed by atoms with Crippen LogP contribution in [0.5, 0.6) is 0 Å². The van der Waals surface area contributed by atoms with Gasteiger partial charge in [0.1, 0.15) is 0 Å². The lowest BCUT2D eigenvalue weighted by molar-refractivity contribution is 0.174. The number of likely N-dealkylation sites (tertiary alicyclic amines) is 1. The first-order chi connectivity index (χ1) is 6.66. The van der Waals surface area contributed by atoms with E-state index in [4.69, 9.17) is 5.73 Å². The van der Waals surface area contributed by atoms with Crippen molar-refractivity contribution in [2.45, 2.75) is 31.8 Å². The van der Waals surface area contributed by atoms with Crippen LogP contribution in [0.2, 0.25) is 0 Å². The summed E-state index contributed by atoms with van der Waals surface area (Å²) in [5.41, 5.74) is 6.01. The van der Waals surface area contributed by atoms with Crippen molar-refractivity contribution in [2.75, 3.05) is 13.6 Å². The lowest BCUT2D eigenvalue weighted by Crippen LogP contribution is -2.39. The predicted octanol–water partition coefficient (Wildman–Crippen LogP) is 2.15. The molecule has 2 heterocycles. The second kappa shape index (κ2) is 4.01. The van der Waals surface area contributed by atoms with Crippen molar-refractivity contribution < 1.29 is 0 Å². The van der Waals surface area contributed by atoms with Crippen molar-refractivity contribution in [3.8, 4) is 0 Å². The summed E-state index contributed by atoms with van der Waals surface area (Å²) < 4.78 is 0. The van der Waals surface area contributed by atoms with Crippen LogP contribution in [0.3, 0.4) is 0 Å². The molecule has 3 heteroatoms. The lowest BCUT2D eigenvalue weighted by atomic mass is 9.97. The van der Waals surface area contributed by atoms with Gasteiger partial charge in [0.15, 0.2) is 0 Å².